The zero-order chi connectivity index (χ0) is 25.6. The van der Waals surface area contributed by atoms with Crippen molar-refractivity contribution >= 4 is 19.7 Å². The fourth-order valence-electron chi connectivity index (χ4n) is 3.78. The van der Waals surface area contributed by atoms with Gasteiger partial charge in [0.15, 0.2) is 14.1 Å². The van der Waals surface area contributed by atoms with Crippen LogP contribution in [0.2, 0.25) is 18.1 Å². The first-order valence-electron chi connectivity index (χ1n) is 10.6. The van der Waals surface area contributed by atoms with Gasteiger partial charge in [-0.15, -0.1) is 0 Å². The maximum absolute atomic E-state index is 14.7. The third kappa shape index (κ3) is 4.53. The lowest BCUT2D eigenvalue weighted by Gasteiger charge is -2.43. The summed E-state index contributed by atoms with van der Waals surface area (Å²) in [6.07, 6.45) is -5.24. The van der Waals surface area contributed by atoms with Gasteiger partial charge < -0.3 is 9.33 Å². The van der Waals surface area contributed by atoms with E-state index >= 15 is 0 Å². The molecule has 1 heterocycles. The second-order valence-electron chi connectivity index (χ2n) is 9.74. The molecule has 0 spiro atoms. The summed E-state index contributed by atoms with van der Waals surface area (Å²) in [7, 11) is -2.32. The molecule has 0 amide bonds. The lowest BCUT2D eigenvalue weighted by atomic mass is 9.94. The molecule has 4 nitrogen and oxygen atoms in total. The van der Waals surface area contributed by atoms with Crippen LogP contribution >= 0.6 is 0 Å². The Morgan fingerprint density at radius 1 is 1.06 bits per heavy atom. The predicted molar refractivity (Wildman–Crippen MR) is 120 cm³/mol. The van der Waals surface area contributed by atoms with Crippen molar-refractivity contribution in [2.45, 2.75) is 57.6 Å². The normalized spacial score (nSPS) is 16.6. The smallest absolute Gasteiger partial charge is 0.410 e. The van der Waals surface area contributed by atoms with E-state index in [0.717, 1.165) is 12.1 Å². The second kappa shape index (κ2) is 8.68. The van der Waals surface area contributed by atoms with Crippen LogP contribution in [-0.2, 0) is 10.6 Å². The number of alkyl halides is 3. The molecule has 1 atom stereocenters. The quantitative estimate of drug-likeness (QED) is 0.332. The van der Waals surface area contributed by atoms with Crippen molar-refractivity contribution in [3.8, 4) is 12.1 Å². The van der Waals surface area contributed by atoms with Gasteiger partial charge in [0.1, 0.15) is 23.5 Å². The summed E-state index contributed by atoms with van der Waals surface area (Å²) in [5.41, 5.74) is -2.00. The molecule has 180 valence electrons. The molecule has 0 radical (unpaired) electrons. The maximum Gasteiger partial charge on any atom is 0.419 e. The van der Waals surface area contributed by atoms with Crippen LogP contribution in [0.1, 0.15) is 55.5 Å². The number of rotatable bonds is 3. The molecule has 0 fully saturated rings. The largest absolute Gasteiger partial charge is 0.419 e. The van der Waals surface area contributed by atoms with E-state index in [0.29, 0.717) is 18.1 Å². The Hall–Kier alpha value is -2.95. The summed E-state index contributed by atoms with van der Waals surface area (Å²) in [6, 6.07) is 7.25. The van der Waals surface area contributed by atoms with Crippen molar-refractivity contribution in [2.75, 3.05) is 11.4 Å². The SMILES string of the molecule is CC(C)(C)[Si](C)(C)OC1CCN(c2ccc(C(F)(F)F)c(F)c2C#N)c2c(C#N)cc(F)cc21. The van der Waals surface area contributed by atoms with Gasteiger partial charge in [0.2, 0.25) is 0 Å². The minimum atomic E-state index is -4.98. The predicted octanol–water partition coefficient (Wildman–Crippen LogP) is 7.33. The highest BCUT2D eigenvalue weighted by molar-refractivity contribution is 6.74. The van der Waals surface area contributed by atoms with Crippen LogP contribution in [0.25, 0.3) is 0 Å². The Morgan fingerprint density at radius 3 is 2.24 bits per heavy atom. The Kier molecular flexibility index (Phi) is 6.55. The first-order chi connectivity index (χ1) is 15.6. The number of anilines is 2. The van der Waals surface area contributed by atoms with Gasteiger partial charge in [-0.25, -0.2) is 8.78 Å². The first-order valence-corrected chi connectivity index (χ1v) is 13.5. The fourth-order valence-corrected chi connectivity index (χ4v) is 5.09. The molecule has 34 heavy (non-hydrogen) atoms. The number of benzene rings is 2. The van der Waals surface area contributed by atoms with Crippen LogP contribution < -0.4 is 4.90 Å². The van der Waals surface area contributed by atoms with E-state index in [4.69, 9.17) is 4.43 Å². The van der Waals surface area contributed by atoms with Gasteiger partial charge in [-0.05, 0) is 48.8 Å². The van der Waals surface area contributed by atoms with E-state index in [1.807, 2.05) is 39.9 Å². The zero-order valence-electron chi connectivity index (χ0n) is 19.4. The van der Waals surface area contributed by atoms with Crippen LogP contribution in [0.3, 0.4) is 0 Å². The summed E-state index contributed by atoms with van der Waals surface area (Å²) >= 11 is 0. The Bertz CT molecular complexity index is 1210. The Morgan fingerprint density at radius 2 is 1.71 bits per heavy atom. The van der Waals surface area contributed by atoms with E-state index in [1.54, 1.807) is 0 Å². The van der Waals surface area contributed by atoms with E-state index in [1.165, 1.54) is 17.0 Å². The van der Waals surface area contributed by atoms with Crippen LogP contribution in [0.4, 0.5) is 33.3 Å². The molecule has 0 saturated heterocycles. The second-order valence-corrected chi connectivity index (χ2v) is 14.5. The molecule has 3 rings (SSSR count). The average molecular weight is 494 g/mol. The van der Waals surface area contributed by atoms with Crippen molar-refractivity contribution < 1.29 is 26.4 Å². The Labute approximate surface area is 196 Å². The molecule has 10 heteroatoms. The highest BCUT2D eigenvalue weighted by Crippen LogP contribution is 2.48. The number of hydrogen-bond acceptors (Lipinski definition) is 4. The zero-order valence-corrected chi connectivity index (χ0v) is 20.4. The summed E-state index contributed by atoms with van der Waals surface area (Å²) in [4.78, 5) is 1.40. The number of hydrogen-bond donors (Lipinski definition) is 0. The van der Waals surface area contributed by atoms with Crippen molar-refractivity contribution in [3.05, 3.63) is 58.2 Å². The number of fused-ring (bicyclic) bond motifs is 1. The van der Waals surface area contributed by atoms with Gasteiger partial charge in [0.25, 0.3) is 0 Å². The van der Waals surface area contributed by atoms with Gasteiger partial charge in [-0.1, -0.05) is 20.8 Å². The molecule has 0 saturated carbocycles. The molecular formula is C24H24F5N3OSi. The minimum absolute atomic E-state index is 0.0808. The van der Waals surface area contributed by atoms with Gasteiger partial charge in [0, 0.05) is 12.1 Å². The molecule has 0 bridgehead atoms. The van der Waals surface area contributed by atoms with E-state index < -0.39 is 43.4 Å². The van der Waals surface area contributed by atoms with Crippen molar-refractivity contribution in [1.29, 1.82) is 10.5 Å². The third-order valence-corrected chi connectivity index (χ3v) is 11.0. The van der Waals surface area contributed by atoms with Gasteiger partial charge >= 0.3 is 6.18 Å². The molecule has 0 aromatic heterocycles. The monoisotopic (exact) mass is 493 g/mol. The average Bonchev–Trinajstić information content (AvgIpc) is 2.71. The highest BCUT2D eigenvalue weighted by atomic mass is 28.4. The van der Waals surface area contributed by atoms with Gasteiger partial charge in [-0.3, -0.25) is 0 Å². The maximum atomic E-state index is 14.7. The van der Waals surface area contributed by atoms with Gasteiger partial charge in [0.05, 0.1) is 28.6 Å². The van der Waals surface area contributed by atoms with Crippen LogP contribution in [-0.4, -0.2) is 14.9 Å². The minimum Gasteiger partial charge on any atom is -0.410 e. The van der Waals surface area contributed by atoms with Crippen molar-refractivity contribution in [3.63, 3.8) is 0 Å². The number of nitriles is 2. The van der Waals surface area contributed by atoms with E-state index in [9.17, 15) is 32.5 Å². The fraction of sp³-hybridized carbons (Fsp3) is 0.417. The number of halogens is 5. The molecule has 1 aliphatic rings. The summed E-state index contributed by atoms with van der Waals surface area (Å²) in [6.45, 7) is 10.3. The lowest BCUT2D eigenvalue weighted by Crippen LogP contribution is -2.43. The Balaban J connectivity index is 2.21. The number of nitrogens with zero attached hydrogens (tertiary/aromatic N) is 3. The van der Waals surface area contributed by atoms with Crippen molar-refractivity contribution in [1.82, 2.24) is 0 Å². The lowest BCUT2D eigenvalue weighted by molar-refractivity contribution is -0.140. The van der Waals surface area contributed by atoms with Crippen LogP contribution in [0.15, 0.2) is 24.3 Å². The standard InChI is InChI=1S/C24H24F5N3OSi/c1-23(2,3)34(4,5)33-20-8-9-32(22-14(12-30)10-15(25)11-16(20)22)19-7-6-18(24(27,28)29)21(26)17(19)13-31/h6-7,10-11,20H,8-9H2,1-5H3. The van der Waals surface area contributed by atoms with Gasteiger partial charge in [-0.2, -0.15) is 23.7 Å². The third-order valence-electron chi connectivity index (χ3n) is 6.53. The summed E-state index contributed by atoms with van der Waals surface area (Å²) in [5.74, 6) is -2.35. The summed E-state index contributed by atoms with van der Waals surface area (Å²) < 4.78 is 75.2. The first kappa shape index (κ1) is 25.7. The van der Waals surface area contributed by atoms with Crippen LogP contribution in [0, 0.1) is 34.3 Å². The topological polar surface area (TPSA) is 60.0 Å². The molecule has 1 unspecified atom stereocenters. The molecule has 0 aliphatic carbocycles. The molecule has 0 N–H and O–H groups in total. The molecular weight excluding hydrogens is 469 g/mol. The summed E-state index contributed by atoms with van der Waals surface area (Å²) in [5, 5.41) is 19.1. The highest BCUT2D eigenvalue weighted by Gasteiger charge is 2.42. The van der Waals surface area contributed by atoms with E-state index in [-0.39, 0.29) is 28.5 Å². The molecule has 1 aliphatic heterocycles. The molecule has 2 aromatic carbocycles. The van der Waals surface area contributed by atoms with Crippen molar-refractivity contribution in [2.24, 2.45) is 0 Å². The van der Waals surface area contributed by atoms with Crippen LogP contribution in [0.5, 0.6) is 0 Å². The van der Waals surface area contributed by atoms with E-state index in [2.05, 4.69) is 0 Å². The molecule has 2 aromatic rings.